The highest BCUT2D eigenvalue weighted by molar-refractivity contribution is 7.87. The Kier molecular flexibility index (Phi) is 4.90. The van der Waals surface area contributed by atoms with Crippen molar-refractivity contribution in [3.63, 3.8) is 0 Å². The smallest absolute Gasteiger partial charge is 0.257 e. The van der Waals surface area contributed by atoms with Crippen LogP contribution in [-0.4, -0.2) is 18.3 Å². The first kappa shape index (κ1) is 17.5. The zero-order chi connectivity index (χ0) is 17.8. The van der Waals surface area contributed by atoms with Crippen molar-refractivity contribution in [2.24, 2.45) is 0 Å². The Morgan fingerprint density at radius 3 is 1.79 bits per heavy atom. The predicted molar refractivity (Wildman–Crippen MR) is 82.3 cm³/mol. The summed E-state index contributed by atoms with van der Waals surface area (Å²) < 4.78 is 29.5. The zero-order valence-corrected chi connectivity index (χ0v) is 13.0. The molecule has 2 aromatic carbocycles. The molecule has 0 spiro atoms. The number of benzene rings is 2. The molecule has 0 N–H and O–H groups in total. The fraction of sp³-hybridized carbons (Fsp3) is 0.143. The van der Waals surface area contributed by atoms with Gasteiger partial charge in [-0.2, -0.15) is 8.42 Å². The quantitative estimate of drug-likeness (QED) is 0.322. The fourth-order valence-corrected chi connectivity index (χ4v) is 3.31. The van der Waals surface area contributed by atoms with E-state index in [-0.39, 0.29) is 0 Å². The Bertz CT molecular complexity index is 824. The molecule has 0 saturated heterocycles. The van der Waals surface area contributed by atoms with Gasteiger partial charge in [-0.3, -0.25) is 24.4 Å². The Labute approximate surface area is 136 Å². The first-order chi connectivity index (χ1) is 11.3. The molecule has 126 valence electrons. The number of nitrogens with zero attached hydrogens (tertiary/aromatic N) is 2. The maximum Gasteiger partial charge on any atom is 0.606 e. The molecular weight excluding hydrogens is 340 g/mol. The first-order valence-electron chi connectivity index (χ1n) is 6.60. The summed E-state index contributed by atoms with van der Waals surface area (Å²) in [6, 6.07) is 13.9. The minimum Gasteiger partial charge on any atom is -0.257 e. The van der Waals surface area contributed by atoms with Gasteiger partial charge in [0.1, 0.15) is 15.4 Å². The molecule has 0 atom stereocenters. The molecule has 9 nitrogen and oxygen atoms in total. The lowest BCUT2D eigenvalue weighted by Crippen LogP contribution is -2.50. The minimum absolute atomic E-state index is 0.398. The molecule has 10 heteroatoms. The van der Waals surface area contributed by atoms with Crippen LogP contribution in [0.25, 0.3) is 0 Å². The van der Waals surface area contributed by atoms with Crippen LogP contribution in [0.2, 0.25) is 0 Å². The van der Waals surface area contributed by atoms with Gasteiger partial charge in [0.05, 0.1) is 6.61 Å². The van der Waals surface area contributed by atoms with E-state index in [0.29, 0.717) is 5.56 Å². The van der Waals surface area contributed by atoms with Gasteiger partial charge in [0.25, 0.3) is 0 Å². The van der Waals surface area contributed by atoms with E-state index in [9.17, 15) is 28.6 Å². The molecule has 0 unspecified atom stereocenters. The monoisotopic (exact) mass is 352 g/mol. The van der Waals surface area contributed by atoms with Crippen LogP contribution in [0.4, 0.5) is 0 Å². The van der Waals surface area contributed by atoms with Crippen molar-refractivity contribution in [1.29, 1.82) is 0 Å². The van der Waals surface area contributed by atoms with Crippen LogP contribution in [0.5, 0.6) is 0 Å². The normalized spacial score (nSPS) is 11.8. The molecule has 0 bridgehead atoms. The second-order valence-corrected chi connectivity index (χ2v) is 6.40. The van der Waals surface area contributed by atoms with Gasteiger partial charge in [0.15, 0.2) is 0 Å². The first-order valence-corrected chi connectivity index (χ1v) is 8.00. The van der Waals surface area contributed by atoms with Crippen LogP contribution >= 0.6 is 0 Å². The summed E-state index contributed by atoms with van der Waals surface area (Å²) in [6.45, 7) is -0.556. The van der Waals surface area contributed by atoms with Crippen molar-refractivity contribution in [1.82, 2.24) is 0 Å². The van der Waals surface area contributed by atoms with Crippen molar-refractivity contribution in [2.75, 3.05) is 0 Å². The number of hydrogen-bond donors (Lipinski definition) is 0. The highest BCUT2D eigenvalue weighted by Gasteiger charge is 2.71. The van der Waals surface area contributed by atoms with E-state index >= 15 is 0 Å². The summed E-state index contributed by atoms with van der Waals surface area (Å²) >= 11 is 0. The van der Waals surface area contributed by atoms with E-state index in [2.05, 4.69) is 4.18 Å². The van der Waals surface area contributed by atoms with Crippen molar-refractivity contribution < 1.29 is 22.4 Å². The van der Waals surface area contributed by atoms with E-state index in [1.54, 1.807) is 18.2 Å². The third-order valence-electron chi connectivity index (χ3n) is 3.22. The van der Waals surface area contributed by atoms with Crippen molar-refractivity contribution in [3.8, 4) is 0 Å². The van der Waals surface area contributed by atoms with Gasteiger partial charge >= 0.3 is 15.1 Å². The lowest BCUT2D eigenvalue weighted by atomic mass is 10.2. The lowest BCUT2D eigenvalue weighted by Gasteiger charge is -2.17. The van der Waals surface area contributed by atoms with Gasteiger partial charge in [-0.25, -0.2) is 0 Å². The maximum absolute atomic E-state index is 12.4. The third kappa shape index (κ3) is 2.96. The SMILES string of the molecule is O=[N+]([O-])C(c1ccccc1)([N+](=O)[O-])S(=O)(=O)OCc1ccccc1. The molecule has 2 aromatic rings. The van der Waals surface area contributed by atoms with Crippen LogP contribution < -0.4 is 0 Å². The van der Waals surface area contributed by atoms with Gasteiger partial charge in [-0.15, -0.1) is 0 Å². The van der Waals surface area contributed by atoms with Crippen molar-refractivity contribution in [2.45, 2.75) is 11.6 Å². The van der Waals surface area contributed by atoms with Crippen LogP contribution in [0, 0.1) is 20.2 Å². The molecule has 0 saturated carbocycles. The van der Waals surface area contributed by atoms with E-state index in [4.69, 9.17) is 0 Å². The van der Waals surface area contributed by atoms with Gasteiger partial charge < -0.3 is 0 Å². The highest BCUT2D eigenvalue weighted by atomic mass is 32.2. The molecular formula is C14H12N2O7S. The molecule has 0 radical (unpaired) electrons. The van der Waals surface area contributed by atoms with Gasteiger partial charge in [-0.1, -0.05) is 48.5 Å². The lowest BCUT2D eigenvalue weighted by molar-refractivity contribution is -0.777. The molecule has 0 aliphatic carbocycles. The molecule has 0 fully saturated rings. The molecule has 24 heavy (non-hydrogen) atoms. The maximum atomic E-state index is 12.4. The standard InChI is InChI=1S/C14H12N2O7S/c17-15(18)14(16(19)20,13-9-5-2-6-10-13)24(21,22)23-11-12-7-3-1-4-8-12/h1-10H,11H2. The molecule has 0 aliphatic rings. The van der Waals surface area contributed by atoms with Crippen LogP contribution in [0.15, 0.2) is 60.7 Å². The molecule has 0 heterocycles. The van der Waals surface area contributed by atoms with Gasteiger partial charge in [0, 0.05) is 0 Å². The van der Waals surface area contributed by atoms with E-state index in [1.165, 1.54) is 30.3 Å². The Morgan fingerprint density at radius 2 is 1.33 bits per heavy atom. The topological polar surface area (TPSA) is 130 Å². The van der Waals surface area contributed by atoms with Gasteiger partial charge in [0.2, 0.25) is 0 Å². The van der Waals surface area contributed by atoms with E-state index in [0.717, 1.165) is 12.1 Å². The zero-order valence-electron chi connectivity index (χ0n) is 12.1. The Morgan fingerprint density at radius 1 is 0.875 bits per heavy atom. The average Bonchev–Trinajstić information content (AvgIpc) is 2.54. The second kappa shape index (κ2) is 6.72. The second-order valence-electron chi connectivity index (χ2n) is 4.69. The minimum atomic E-state index is -5.23. The summed E-state index contributed by atoms with van der Waals surface area (Å²) in [4.78, 5) is 16.3. The predicted octanol–water partition coefficient (Wildman–Crippen LogP) is 1.90. The Balaban J connectivity index is 2.50. The summed E-state index contributed by atoms with van der Waals surface area (Å²) in [5, 5.41) is 22.9. The summed E-state index contributed by atoms with van der Waals surface area (Å²) in [6.07, 6.45) is 0. The largest absolute Gasteiger partial charge is 0.606 e. The van der Waals surface area contributed by atoms with Crippen molar-refractivity contribution >= 4 is 10.1 Å². The number of rotatable bonds is 7. The van der Waals surface area contributed by atoms with Crippen LogP contribution in [0.3, 0.4) is 0 Å². The number of hydrogen-bond acceptors (Lipinski definition) is 7. The molecule has 0 aromatic heterocycles. The molecule has 0 aliphatic heterocycles. The van der Waals surface area contributed by atoms with Crippen LogP contribution in [-0.2, 0) is 25.9 Å². The van der Waals surface area contributed by atoms with Gasteiger partial charge in [-0.05, 0) is 17.7 Å². The summed E-state index contributed by atoms with van der Waals surface area (Å²) in [7, 11) is -5.23. The van der Waals surface area contributed by atoms with E-state index in [1.807, 2.05) is 0 Å². The van der Waals surface area contributed by atoms with Crippen LogP contribution in [0.1, 0.15) is 11.1 Å². The molecule has 0 amide bonds. The van der Waals surface area contributed by atoms with E-state index < -0.39 is 37.1 Å². The fourth-order valence-electron chi connectivity index (χ4n) is 2.06. The average molecular weight is 352 g/mol. The summed E-state index contributed by atoms with van der Waals surface area (Å²) in [5.74, 6) is 0. The number of nitro groups is 2. The van der Waals surface area contributed by atoms with Crippen molar-refractivity contribution in [3.05, 3.63) is 92.0 Å². The Hall–Kier alpha value is -2.85. The highest BCUT2D eigenvalue weighted by Crippen LogP contribution is 2.33. The third-order valence-corrected chi connectivity index (χ3v) is 4.88. The summed E-state index contributed by atoms with van der Waals surface area (Å²) in [5.41, 5.74) is -0.220. The molecule has 2 rings (SSSR count).